The van der Waals surface area contributed by atoms with Crippen LogP contribution in [0.4, 0.5) is 0 Å². The second-order valence-electron chi connectivity index (χ2n) is 4.71. The molecule has 1 saturated heterocycles. The van der Waals surface area contributed by atoms with Gasteiger partial charge >= 0.3 is 0 Å². The standard InChI is InChI=1S/C13H18Cl2N2/c1-17-6-4-11(5-7-17)16-9-10-2-3-12(14)13(15)8-10/h2-3,8,11,16H,4-7,9H2,1H3. The van der Waals surface area contributed by atoms with Gasteiger partial charge in [-0.1, -0.05) is 29.3 Å². The lowest BCUT2D eigenvalue weighted by Gasteiger charge is -2.29. The first-order valence-corrected chi connectivity index (χ1v) is 6.76. The van der Waals surface area contributed by atoms with Gasteiger partial charge in [-0.05, 0) is 50.7 Å². The van der Waals surface area contributed by atoms with E-state index in [9.17, 15) is 0 Å². The third-order valence-corrected chi connectivity index (χ3v) is 4.04. The van der Waals surface area contributed by atoms with Crippen molar-refractivity contribution in [1.82, 2.24) is 10.2 Å². The molecule has 0 saturated carbocycles. The molecule has 2 nitrogen and oxygen atoms in total. The van der Waals surface area contributed by atoms with Gasteiger partial charge in [0.2, 0.25) is 0 Å². The third kappa shape index (κ3) is 3.85. The molecule has 17 heavy (non-hydrogen) atoms. The largest absolute Gasteiger partial charge is 0.310 e. The number of benzene rings is 1. The normalized spacial score (nSPS) is 18.5. The van der Waals surface area contributed by atoms with Gasteiger partial charge in [-0.15, -0.1) is 0 Å². The first-order chi connectivity index (χ1) is 8.15. The molecular formula is C13H18Cl2N2. The number of nitrogens with zero attached hydrogens (tertiary/aromatic N) is 1. The number of likely N-dealkylation sites (tertiary alicyclic amines) is 1. The molecule has 0 atom stereocenters. The number of nitrogens with one attached hydrogen (secondary N) is 1. The monoisotopic (exact) mass is 272 g/mol. The Morgan fingerprint density at radius 3 is 2.59 bits per heavy atom. The van der Waals surface area contributed by atoms with E-state index in [1.54, 1.807) is 0 Å². The van der Waals surface area contributed by atoms with E-state index in [2.05, 4.69) is 17.3 Å². The molecule has 1 aliphatic heterocycles. The summed E-state index contributed by atoms with van der Waals surface area (Å²) in [5.74, 6) is 0. The quantitative estimate of drug-likeness (QED) is 0.910. The molecule has 94 valence electrons. The molecule has 1 aliphatic rings. The molecule has 0 bridgehead atoms. The molecule has 2 rings (SSSR count). The number of hydrogen-bond acceptors (Lipinski definition) is 2. The lowest BCUT2D eigenvalue weighted by atomic mass is 10.1. The summed E-state index contributed by atoms with van der Waals surface area (Å²) < 4.78 is 0. The van der Waals surface area contributed by atoms with Gasteiger partial charge in [0.1, 0.15) is 0 Å². The minimum absolute atomic E-state index is 0.620. The predicted molar refractivity (Wildman–Crippen MR) is 73.8 cm³/mol. The molecule has 0 aromatic heterocycles. The van der Waals surface area contributed by atoms with Gasteiger partial charge in [0, 0.05) is 12.6 Å². The van der Waals surface area contributed by atoms with Crippen molar-refractivity contribution in [2.45, 2.75) is 25.4 Å². The summed E-state index contributed by atoms with van der Waals surface area (Å²) in [6.45, 7) is 3.23. The summed E-state index contributed by atoms with van der Waals surface area (Å²) in [7, 11) is 2.18. The molecule has 0 amide bonds. The molecule has 0 radical (unpaired) electrons. The Bertz CT molecular complexity index is 374. The Hall–Kier alpha value is -0.280. The fourth-order valence-corrected chi connectivity index (χ4v) is 2.45. The molecule has 0 aliphatic carbocycles. The maximum Gasteiger partial charge on any atom is 0.0595 e. The van der Waals surface area contributed by atoms with E-state index in [0.717, 1.165) is 6.54 Å². The molecule has 1 heterocycles. The molecule has 0 spiro atoms. The zero-order chi connectivity index (χ0) is 12.3. The molecule has 1 fully saturated rings. The van der Waals surface area contributed by atoms with E-state index in [4.69, 9.17) is 23.2 Å². The predicted octanol–water partition coefficient (Wildman–Crippen LogP) is 3.18. The third-order valence-electron chi connectivity index (χ3n) is 3.30. The summed E-state index contributed by atoms with van der Waals surface area (Å²) in [5.41, 5.74) is 1.19. The van der Waals surface area contributed by atoms with E-state index in [1.165, 1.54) is 31.5 Å². The van der Waals surface area contributed by atoms with Crippen molar-refractivity contribution >= 4 is 23.2 Å². The SMILES string of the molecule is CN1CCC(NCc2ccc(Cl)c(Cl)c2)CC1. The highest BCUT2D eigenvalue weighted by Gasteiger charge is 2.15. The number of rotatable bonds is 3. The van der Waals surface area contributed by atoms with Gasteiger partial charge in [0.15, 0.2) is 0 Å². The van der Waals surface area contributed by atoms with Crippen molar-refractivity contribution in [1.29, 1.82) is 0 Å². The van der Waals surface area contributed by atoms with Crippen molar-refractivity contribution in [3.63, 3.8) is 0 Å². The number of halogens is 2. The summed E-state index contributed by atoms with van der Waals surface area (Å²) in [5, 5.41) is 4.83. The van der Waals surface area contributed by atoms with Crippen LogP contribution in [0.1, 0.15) is 18.4 Å². The van der Waals surface area contributed by atoms with Crippen molar-refractivity contribution in [3.05, 3.63) is 33.8 Å². The fourth-order valence-electron chi connectivity index (χ4n) is 2.12. The van der Waals surface area contributed by atoms with Crippen LogP contribution in [0, 0.1) is 0 Å². The highest BCUT2D eigenvalue weighted by Crippen LogP contribution is 2.22. The Kier molecular flexibility index (Phi) is 4.69. The second-order valence-corrected chi connectivity index (χ2v) is 5.52. The minimum atomic E-state index is 0.620. The summed E-state index contributed by atoms with van der Waals surface area (Å²) in [4.78, 5) is 2.37. The van der Waals surface area contributed by atoms with Crippen LogP contribution < -0.4 is 5.32 Å². The molecular weight excluding hydrogens is 255 g/mol. The van der Waals surface area contributed by atoms with Crippen molar-refractivity contribution in [3.8, 4) is 0 Å². The topological polar surface area (TPSA) is 15.3 Å². The van der Waals surface area contributed by atoms with Crippen LogP contribution >= 0.6 is 23.2 Å². The van der Waals surface area contributed by atoms with E-state index < -0.39 is 0 Å². The van der Waals surface area contributed by atoms with Crippen LogP contribution in [-0.2, 0) is 6.54 Å². The Morgan fingerprint density at radius 1 is 1.24 bits per heavy atom. The molecule has 1 N–H and O–H groups in total. The minimum Gasteiger partial charge on any atom is -0.310 e. The van der Waals surface area contributed by atoms with Crippen molar-refractivity contribution in [2.75, 3.05) is 20.1 Å². The van der Waals surface area contributed by atoms with E-state index in [1.807, 2.05) is 18.2 Å². The number of hydrogen-bond donors (Lipinski definition) is 1. The highest BCUT2D eigenvalue weighted by atomic mass is 35.5. The average Bonchev–Trinajstić information content (AvgIpc) is 2.33. The zero-order valence-corrected chi connectivity index (χ0v) is 11.6. The van der Waals surface area contributed by atoms with Gasteiger partial charge in [-0.25, -0.2) is 0 Å². The number of piperidine rings is 1. The van der Waals surface area contributed by atoms with Crippen LogP contribution in [0.3, 0.4) is 0 Å². The van der Waals surface area contributed by atoms with E-state index in [0.29, 0.717) is 16.1 Å². The maximum atomic E-state index is 5.99. The van der Waals surface area contributed by atoms with Gasteiger partial charge in [0.25, 0.3) is 0 Å². The lowest BCUT2D eigenvalue weighted by molar-refractivity contribution is 0.234. The zero-order valence-electron chi connectivity index (χ0n) is 10.0. The highest BCUT2D eigenvalue weighted by molar-refractivity contribution is 6.42. The van der Waals surface area contributed by atoms with E-state index in [-0.39, 0.29) is 0 Å². The first-order valence-electron chi connectivity index (χ1n) is 6.01. The van der Waals surface area contributed by atoms with Crippen LogP contribution in [-0.4, -0.2) is 31.1 Å². The first kappa shape index (κ1) is 13.2. The lowest BCUT2D eigenvalue weighted by Crippen LogP contribution is -2.40. The van der Waals surface area contributed by atoms with Crippen LogP contribution in [0.25, 0.3) is 0 Å². The van der Waals surface area contributed by atoms with Gasteiger partial charge in [-0.3, -0.25) is 0 Å². The summed E-state index contributed by atoms with van der Waals surface area (Å²) >= 11 is 11.9. The van der Waals surface area contributed by atoms with Gasteiger partial charge < -0.3 is 10.2 Å². The fraction of sp³-hybridized carbons (Fsp3) is 0.538. The Balaban J connectivity index is 1.83. The van der Waals surface area contributed by atoms with Gasteiger partial charge in [0.05, 0.1) is 10.0 Å². The molecule has 0 unspecified atom stereocenters. The van der Waals surface area contributed by atoms with Crippen LogP contribution in [0.15, 0.2) is 18.2 Å². The second kappa shape index (κ2) is 6.05. The van der Waals surface area contributed by atoms with Crippen molar-refractivity contribution in [2.24, 2.45) is 0 Å². The van der Waals surface area contributed by atoms with Crippen LogP contribution in [0.2, 0.25) is 10.0 Å². The molecule has 1 aromatic carbocycles. The van der Waals surface area contributed by atoms with Crippen LogP contribution in [0.5, 0.6) is 0 Å². The van der Waals surface area contributed by atoms with Gasteiger partial charge in [-0.2, -0.15) is 0 Å². The van der Waals surface area contributed by atoms with Crippen molar-refractivity contribution < 1.29 is 0 Å². The molecule has 4 heteroatoms. The molecule has 1 aromatic rings. The maximum absolute atomic E-state index is 5.99. The Morgan fingerprint density at radius 2 is 1.94 bits per heavy atom. The smallest absolute Gasteiger partial charge is 0.0595 e. The summed E-state index contributed by atoms with van der Waals surface area (Å²) in [6.07, 6.45) is 2.44. The van der Waals surface area contributed by atoms with E-state index >= 15 is 0 Å². The average molecular weight is 273 g/mol. The summed E-state index contributed by atoms with van der Waals surface area (Å²) in [6, 6.07) is 6.44. The Labute approximate surface area is 113 Å².